The van der Waals surface area contributed by atoms with Crippen LogP contribution in [0, 0.1) is 0 Å². The van der Waals surface area contributed by atoms with Crippen molar-refractivity contribution in [2.45, 2.75) is 5.50 Å². The maximum Gasteiger partial charge on any atom is 0.319 e. The van der Waals surface area contributed by atoms with Crippen LogP contribution in [0.4, 0.5) is 0 Å². The molecule has 0 spiro atoms. The van der Waals surface area contributed by atoms with Gasteiger partial charge in [-0.25, -0.2) is 5.32 Å². The molecule has 19 heavy (non-hydrogen) atoms. The molecule has 1 rings (SSSR count). The summed E-state index contributed by atoms with van der Waals surface area (Å²) in [6, 6.07) is 0. The van der Waals surface area contributed by atoms with Crippen LogP contribution in [0.2, 0.25) is 0 Å². The Morgan fingerprint density at radius 1 is 1.00 bits per heavy atom. The third-order valence-electron chi connectivity index (χ3n) is 2.86. The smallest absolute Gasteiger partial charge is 0.306 e. The predicted molar refractivity (Wildman–Crippen MR) is 87.9 cm³/mol. The number of hydrogen-bond acceptors (Lipinski definition) is 5. The average molecular weight is 307 g/mol. The predicted octanol–water partition coefficient (Wildman–Crippen LogP) is 0.308. The number of nitrogens with zero attached hydrogens (tertiary/aromatic N) is 4. The van der Waals surface area contributed by atoms with Gasteiger partial charge in [0.05, 0.1) is 13.1 Å². The van der Waals surface area contributed by atoms with Crippen LogP contribution in [0.5, 0.6) is 0 Å². The van der Waals surface area contributed by atoms with Crippen molar-refractivity contribution in [3.05, 3.63) is 0 Å². The highest BCUT2D eigenvalue weighted by molar-refractivity contribution is 8.83. The van der Waals surface area contributed by atoms with Gasteiger partial charge in [0.15, 0.2) is 0 Å². The van der Waals surface area contributed by atoms with Crippen LogP contribution in [-0.4, -0.2) is 98.4 Å². The lowest BCUT2D eigenvalue weighted by molar-refractivity contribution is -0.526. The van der Waals surface area contributed by atoms with E-state index < -0.39 is 0 Å². The van der Waals surface area contributed by atoms with Crippen LogP contribution in [0.25, 0.3) is 0 Å². The second-order valence-electron chi connectivity index (χ2n) is 5.54. The van der Waals surface area contributed by atoms with Crippen molar-refractivity contribution in [2.24, 2.45) is 0 Å². The van der Waals surface area contributed by atoms with Crippen LogP contribution >= 0.6 is 21.6 Å². The number of nitrogens with one attached hydrogen (secondary N) is 1. The van der Waals surface area contributed by atoms with Gasteiger partial charge in [0.25, 0.3) is 0 Å². The van der Waals surface area contributed by atoms with Crippen LogP contribution in [0.15, 0.2) is 0 Å². The van der Waals surface area contributed by atoms with Gasteiger partial charge in [-0.1, -0.05) is 0 Å². The van der Waals surface area contributed by atoms with E-state index in [1.54, 1.807) is 0 Å². The molecular formula is C12H28N5S2+. The van der Waals surface area contributed by atoms with Crippen molar-refractivity contribution in [2.75, 3.05) is 68.5 Å². The highest BCUT2D eigenvalue weighted by atomic mass is 33.1. The minimum absolute atomic E-state index is 0.376. The van der Waals surface area contributed by atoms with E-state index in [1.807, 2.05) is 21.6 Å². The molecule has 0 radical (unpaired) electrons. The summed E-state index contributed by atoms with van der Waals surface area (Å²) in [6.07, 6.45) is 0. The van der Waals surface area contributed by atoms with Gasteiger partial charge in [-0.3, -0.25) is 9.48 Å². The van der Waals surface area contributed by atoms with Gasteiger partial charge in [-0.05, 0) is 53.1 Å². The molecule has 0 bridgehead atoms. The van der Waals surface area contributed by atoms with Gasteiger partial charge in [-0.2, -0.15) is 0 Å². The molecule has 0 aromatic heterocycles. The molecule has 7 heteroatoms. The second-order valence-corrected chi connectivity index (χ2v) is 7.81. The number of likely N-dealkylation sites (N-methyl/N-ethyl adjacent to an activating group) is 2. The Labute approximate surface area is 125 Å². The molecular weight excluding hydrogens is 278 g/mol. The molecule has 0 saturated carbocycles. The van der Waals surface area contributed by atoms with Crippen molar-refractivity contribution >= 4 is 26.8 Å². The van der Waals surface area contributed by atoms with E-state index in [2.05, 4.69) is 66.9 Å². The first-order valence-corrected chi connectivity index (χ1v) is 8.79. The van der Waals surface area contributed by atoms with Gasteiger partial charge in [0.2, 0.25) is 5.50 Å². The molecule has 0 aromatic carbocycles. The zero-order valence-electron chi connectivity index (χ0n) is 13.0. The average Bonchev–Trinajstić information content (AvgIpc) is 2.77. The standard InChI is InChI=1S/C12H27N5S2/c1-14(2)7-9-17(10-8-15(3)4)12-13-11(16(5)6)18-19-12/h11H,7-10H2,1-6H3/p+1. The lowest BCUT2D eigenvalue weighted by Crippen LogP contribution is -2.42. The largest absolute Gasteiger partial charge is 0.319 e. The van der Waals surface area contributed by atoms with Crippen molar-refractivity contribution in [1.82, 2.24) is 20.0 Å². The van der Waals surface area contributed by atoms with Crippen molar-refractivity contribution in [3.8, 4) is 0 Å². The molecule has 112 valence electrons. The minimum atomic E-state index is 0.376. The Morgan fingerprint density at radius 2 is 1.53 bits per heavy atom. The molecule has 1 unspecified atom stereocenters. The molecule has 1 heterocycles. The fraction of sp³-hybridized carbons (Fsp3) is 0.917. The first-order valence-electron chi connectivity index (χ1n) is 6.58. The maximum atomic E-state index is 3.60. The van der Waals surface area contributed by atoms with E-state index >= 15 is 0 Å². The summed E-state index contributed by atoms with van der Waals surface area (Å²) in [4.78, 5) is 6.68. The fourth-order valence-corrected chi connectivity index (χ4v) is 4.27. The van der Waals surface area contributed by atoms with Gasteiger partial charge in [0, 0.05) is 23.9 Å². The van der Waals surface area contributed by atoms with E-state index in [9.17, 15) is 0 Å². The zero-order valence-corrected chi connectivity index (χ0v) is 14.6. The normalized spacial score (nSPS) is 19.6. The van der Waals surface area contributed by atoms with Gasteiger partial charge in [0.1, 0.15) is 0 Å². The van der Waals surface area contributed by atoms with E-state index in [4.69, 9.17) is 0 Å². The summed E-state index contributed by atoms with van der Waals surface area (Å²) in [7, 11) is 16.5. The number of amidine groups is 1. The van der Waals surface area contributed by atoms with Crippen LogP contribution in [0.1, 0.15) is 0 Å². The molecule has 0 amide bonds. The molecule has 5 nitrogen and oxygen atoms in total. The Kier molecular flexibility index (Phi) is 7.53. The second kappa shape index (κ2) is 8.36. The third-order valence-corrected chi connectivity index (χ3v) is 5.52. The molecule has 1 saturated heterocycles. The van der Waals surface area contributed by atoms with E-state index in [0.29, 0.717) is 5.50 Å². The van der Waals surface area contributed by atoms with Crippen molar-refractivity contribution < 1.29 is 4.58 Å². The van der Waals surface area contributed by atoms with E-state index in [-0.39, 0.29) is 0 Å². The van der Waals surface area contributed by atoms with Gasteiger partial charge >= 0.3 is 5.17 Å². The molecule has 0 aliphatic carbocycles. The molecule has 1 fully saturated rings. The Bertz CT molecular complexity index is 290. The highest BCUT2D eigenvalue weighted by Crippen LogP contribution is 2.33. The minimum Gasteiger partial charge on any atom is -0.306 e. The summed E-state index contributed by atoms with van der Waals surface area (Å²) in [5.74, 6) is 0. The number of rotatable bonds is 7. The molecule has 0 aromatic rings. The topological polar surface area (TPSA) is 24.8 Å². The van der Waals surface area contributed by atoms with E-state index in [0.717, 1.165) is 26.2 Å². The summed E-state index contributed by atoms with van der Waals surface area (Å²) < 4.78 is 2.46. The maximum absolute atomic E-state index is 3.60. The van der Waals surface area contributed by atoms with Gasteiger partial charge < -0.3 is 9.80 Å². The summed E-state index contributed by atoms with van der Waals surface area (Å²) in [5, 5.41) is 4.89. The van der Waals surface area contributed by atoms with E-state index in [1.165, 1.54) is 5.17 Å². The SMILES string of the molecule is CN(C)CC[N+](CCN(C)C)=C1NC(N(C)C)SS1. The lowest BCUT2D eigenvalue weighted by atomic mass is 10.5. The first kappa shape index (κ1) is 17.1. The Hall–Kier alpha value is 0.0500. The monoisotopic (exact) mass is 306 g/mol. The van der Waals surface area contributed by atoms with Crippen molar-refractivity contribution in [1.29, 1.82) is 0 Å². The summed E-state index contributed by atoms with van der Waals surface area (Å²) >= 11 is 0. The Morgan fingerprint density at radius 3 is 1.89 bits per heavy atom. The van der Waals surface area contributed by atoms with Crippen LogP contribution < -0.4 is 5.32 Å². The summed E-state index contributed by atoms with van der Waals surface area (Å²) in [5.41, 5.74) is 0.376. The Balaban J connectivity index is 2.65. The molecule has 1 aliphatic rings. The van der Waals surface area contributed by atoms with Gasteiger partial charge in [-0.15, -0.1) is 0 Å². The third kappa shape index (κ3) is 6.35. The fourth-order valence-electron chi connectivity index (χ4n) is 1.56. The quantitative estimate of drug-likeness (QED) is 0.537. The zero-order chi connectivity index (χ0) is 14.4. The molecule has 1 aliphatic heterocycles. The van der Waals surface area contributed by atoms with Crippen LogP contribution in [0.3, 0.4) is 0 Å². The summed E-state index contributed by atoms with van der Waals surface area (Å²) in [6.45, 7) is 4.29. The lowest BCUT2D eigenvalue weighted by Gasteiger charge is -2.16. The molecule has 1 atom stereocenters. The first-order chi connectivity index (χ1) is 8.90. The van der Waals surface area contributed by atoms with Crippen molar-refractivity contribution in [3.63, 3.8) is 0 Å². The molecule has 1 N–H and O–H groups in total. The van der Waals surface area contributed by atoms with Crippen LogP contribution in [-0.2, 0) is 0 Å². The number of hydrogen-bond donors (Lipinski definition) is 1. The highest BCUT2D eigenvalue weighted by Gasteiger charge is 2.31.